The van der Waals surface area contributed by atoms with Crippen LogP contribution in [0.5, 0.6) is 5.75 Å². The summed E-state index contributed by atoms with van der Waals surface area (Å²) in [6, 6.07) is 4.46. The third-order valence-corrected chi connectivity index (χ3v) is 8.30. The Kier molecular flexibility index (Phi) is 4.25. The van der Waals surface area contributed by atoms with E-state index in [1.807, 2.05) is 0 Å². The molecule has 3 nitrogen and oxygen atoms in total. The number of H-pyrrole nitrogens is 1. The van der Waals surface area contributed by atoms with E-state index in [2.05, 4.69) is 99.7 Å². The number of hydrogen-bond donors (Lipinski definition) is 1. The molecule has 1 aromatic carbocycles. The molecule has 1 aliphatic rings. The molecule has 0 unspecified atom stereocenters. The Balaban J connectivity index is 2.50. The number of aromatic nitrogens is 1. The summed E-state index contributed by atoms with van der Waals surface area (Å²) in [5, 5.41) is 1.24. The monoisotopic (exact) mass is 338 g/mol. The Bertz CT molecular complexity index is 890. The highest BCUT2D eigenvalue weighted by Gasteiger charge is 2.56. The molecular formula is C14H27B9N2O. The van der Waals surface area contributed by atoms with Gasteiger partial charge in [0.15, 0.2) is 0 Å². The lowest BCUT2D eigenvalue weighted by molar-refractivity contribution is 0.200. The summed E-state index contributed by atoms with van der Waals surface area (Å²) in [5.74, 6) is 0.945. The van der Waals surface area contributed by atoms with Gasteiger partial charge in [0.1, 0.15) is 76.4 Å². The minimum Gasteiger partial charge on any atom is -0.497 e. The van der Waals surface area contributed by atoms with Crippen LogP contribution in [0.25, 0.3) is 10.9 Å². The fraction of sp³-hybridized carbons (Fsp3) is 0.429. The summed E-state index contributed by atoms with van der Waals surface area (Å²) < 4.78 is 5.58. The zero-order chi connectivity index (χ0) is 19.9. The molecule has 126 valence electrons. The van der Waals surface area contributed by atoms with Crippen LogP contribution in [-0.2, 0) is 10.4 Å². The first-order valence-corrected chi connectivity index (χ1v) is 9.66. The van der Waals surface area contributed by atoms with E-state index in [9.17, 15) is 0 Å². The number of nitrogens with one attached hydrogen (secondary N) is 1. The van der Waals surface area contributed by atoms with Crippen molar-refractivity contribution in [1.29, 1.82) is 0 Å². The van der Waals surface area contributed by atoms with Crippen molar-refractivity contribution in [2.45, 2.75) is 21.1 Å². The Labute approximate surface area is 166 Å². The molecule has 12 heteroatoms. The van der Waals surface area contributed by atoms with E-state index in [-0.39, 0.29) is 21.1 Å². The van der Waals surface area contributed by atoms with Crippen LogP contribution >= 0.6 is 0 Å². The van der Waals surface area contributed by atoms with E-state index < -0.39 is 0 Å². The predicted molar refractivity (Wildman–Crippen MR) is 138 cm³/mol. The average Bonchev–Trinajstić information content (AvgIpc) is 2.90. The van der Waals surface area contributed by atoms with E-state index in [4.69, 9.17) is 4.74 Å². The lowest BCUT2D eigenvalue weighted by Gasteiger charge is -2.57. The summed E-state index contributed by atoms with van der Waals surface area (Å²) in [7, 11) is 25.2. The topological polar surface area (TPSA) is 28.3 Å². The number of aromatic amines is 1. The second-order valence-corrected chi connectivity index (χ2v) is 10.2. The molecule has 0 fully saturated rings. The van der Waals surface area contributed by atoms with Crippen molar-refractivity contribution in [3.05, 3.63) is 23.4 Å². The number of methoxy groups -OCH3 is 1. The first kappa shape index (κ1) is 19.9. The van der Waals surface area contributed by atoms with Crippen LogP contribution in [0.4, 0.5) is 0 Å². The van der Waals surface area contributed by atoms with Crippen LogP contribution in [0.2, 0.25) is 0 Å². The maximum absolute atomic E-state index is 5.58. The number of rotatable bonds is 1. The summed E-state index contributed by atoms with van der Waals surface area (Å²) in [4.78, 5) is 6.39. The second-order valence-electron chi connectivity index (χ2n) is 10.2. The molecule has 3 rings (SSSR count). The van der Waals surface area contributed by atoms with Crippen molar-refractivity contribution in [2.75, 3.05) is 14.2 Å². The largest absolute Gasteiger partial charge is 0.497 e. The van der Waals surface area contributed by atoms with Gasteiger partial charge in [0.05, 0.1) is 7.11 Å². The van der Waals surface area contributed by atoms with Gasteiger partial charge in [-0.3, -0.25) is 0 Å². The van der Waals surface area contributed by atoms with Crippen molar-refractivity contribution in [2.24, 2.45) is 0 Å². The Morgan fingerprint density at radius 3 is 2.00 bits per heavy atom. The molecule has 2 heterocycles. The maximum Gasteiger partial charge on any atom is 0.144 e. The van der Waals surface area contributed by atoms with Gasteiger partial charge >= 0.3 is 0 Å². The van der Waals surface area contributed by atoms with Gasteiger partial charge < -0.3 is 14.6 Å². The fourth-order valence-corrected chi connectivity index (χ4v) is 4.82. The molecule has 0 radical (unpaired) electrons. The fourth-order valence-electron chi connectivity index (χ4n) is 4.82. The van der Waals surface area contributed by atoms with Crippen molar-refractivity contribution in [3.63, 3.8) is 0 Å². The van der Waals surface area contributed by atoms with Crippen molar-refractivity contribution < 1.29 is 4.74 Å². The lowest BCUT2D eigenvalue weighted by atomic mass is 9.30. The number of nitrogens with zero attached hydrogens (tertiary/aromatic N) is 1. The highest BCUT2D eigenvalue weighted by molar-refractivity contribution is 6.59. The predicted octanol–water partition coefficient (Wildman–Crippen LogP) is -7.94. The Morgan fingerprint density at radius 1 is 0.923 bits per heavy atom. The third kappa shape index (κ3) is 2.23. The highest BCUT2D eigenvalue weighted by Crippen LogP contribution is 2.47. The summed E-state index contributed by atoms with van der Waals surface area (Å²) in [6.07, 6.45) is 0. The smallest absolute Gasteiger partial charge is 0.144 e. The van der Waals surface area contributed by atoms with Gasteiger partial charge in [0, 0.05) is 22.7 Å². The van der Waals surface area contributed by atoms with E-state index >= 15 is 0 Å². The van der Waals surface area contributed by atoms with E-state index in [0.29, 0.717) is 0 Å². The number of fused-ring (bicyclic) bond motifs is 3. The van der Waals surface area contributed by atoms with Gasteiger partial charge in [-0.1, -0.05) is 11.3 Å². The molecule has 26 heavy (non-hydrogen) atoms. The SMILES string of the molecule is Bc1cc2c3c([nH]c2cc1OC)C(B)(B)C(B)(B)N(C)C(B)(B)C3(B)B. The molecule has 1 aromatic heterocycles. The summed E-state index contributed by atoms with van der Waals surface area (Å²) in [5.41, 5.74) is 5.16. The van der Waals surface area contributed by atoms with Crippen LogP contribution in [0.3, 0.4) is 0 Å². The van der Waals surface area contributed by atoms with E-state index in [1.165, 1.54) is 27.6 Å². The van der Waals surface area contributed by atoms with Gasteiger partial charge in [0.25, 0.3) is 0 Å². The van der Waals surface area contributed by atoms with Gasteiger partial charge in [-0.2, -0.15) is 0 Å². The van der Waals surface area contributed by atoms with Gasteiger partial charge in [-0.15, -0.1) is 0 Å². The minimum atomic E-state index is -0.0394. The number of benzene rings is 1. The van der Waals surface area contributed by atoms with Crippen molar-refractivity contribution >= 4 is 87.0 Å². The van der Waals surface area contributed by atoms with Crippen LogP contribution in [0.1, 0.15) is 11.3 Å². The lowest BCUT2D eigenvalue weighted by Crippen LogP contribution is -2.73. The molecule has 1 aliphatic heterocycles. The Hall–Kier alpha value is -0.896. The minimum absolute atomic E-state index is 0.0119. The van der Waals surface area contributed by atoms with Crippen LogP contribution in [0.15, 0.2) is 12.1 Å². The molecule has 0 spiro atoms. The van der Waals surface area contributed by atoms with Crippen LogP contribution in [0, 0.1) is 0 Å². The zero-order valence-corrected chi connectivity index (χ0v) is 18.5. The molecule has 0 aliphatic carbocycles. The summed E-state index contributed by atoms with van der Waals surface area (Å²) >= 11 is 0. The van der Waals surface area contributed by atoms with Crippen molar-refractivity contribution in [1.82, 2.24) is 9.88 Å². The Morgan fingerprint density at radius 2 is 1.46 bits per heavy atom. The van der Waals surface area contributed by atoms with Gasteiger partial charge in [-0.05, 0) is 34.0 Å². The number of hydrogen-bond acceptors (Lipinski definition) is 2. The van der Waals surface area contributed by atoms with E-state index in [0.717, 1.165) is 5.75 Å². The van der Waals surface area contributed by atoms with Gasteiger partial charge in [-0.25, -0.2) is 0 Å². The maximum atomic E-state index is 5.58. The zero-order valence-electron chi connectivity index (χ0n) is 18.5. The molecule has 0 atom stereocenters. The molecular weight excluding hydrogens is 309 g/mol. The molecule has 0 amide bonds. The second kappa shape index (κ2) is 5.56. The number of ether oxygens (including phenoxy) is 1. The number of likely N-dealkylation sites (N-methyl/N-ethyl adjacent to an activating group) is 1. The molecule has 1 N–H and O–H groups in total. The van der Waals surface area contributed by atoms with Gasteiger partial charge in [0.2, 0.25) is 0 Å². The quantitative estimate of drug-likeness (QED) is 0.524. The third-order valence-electron chi connectivity index (χ3n) is 8.30. The van der Waals surface area contributed by atoms with Crippen LogP contribution in [-0.4, -0.2) is 105 Å². The standard InChI is InChI=1S/C14H27B9N2O/c1-25-13(20,21)11(16,17)9-5-3-6(15)8(26-2)4-7(5)24-10(9)12(18,19)14(25,22)23/h3-4,24H,15-23H2,1-2H3. The molecule has 0 bridgehead atoms. The van der Waals surface area contributed by atoms with E-state index in [1.54, 1.807) is 7.11 Å². The first-order chi connectivity index (χ1) is 11.7. The average molecular weight is 337 g/mol. The highest BCUT2D eigenvalue weighted by atomic mass is 16.5. The molecule has 0 saturated carbocycles. The molecule has 2 aromatic rings. The first-order valence-electron chi connectivity index (χ1n) is 9.66. The summed E-state index contributed by atoms with van der Waals surface area (Å²) in [6.45, 7) is 0. The van der Waals surface area contributed by atoms with Crippen molar-refractivity contribution in [3.8, 4) is 5.75 Å². The van der Waals surface area contributed by atoms with Crippen LogP contribution < -0.4 is 10.2 Å². The molecule has 0 saturated heterocycles. The normalized spacial score (nSPS) is 23.2.